The van der Waals surface area contributed by atoms with Crippen LogP contribution in [-0.2, 0) is 28.6 Å². The fourth-order valence-electron chi connectivity index (χ4n) is 4.35. The second kappa shape index (κ2) is 11.2. The van der Waals surface area contributed by atoms with E-state index in [-0.39, 0.29) is 35.2 Å². The number of esters is 1. The zero-order valence-electron chi connectivity index (χ0n) is 18.2. The molecule has 0 radical (unpaired) electrons. The van der Waals surface area contributed by atoms with Crippen LogP contribution in [0.25, 0.3) is 0 Å². The Kier molecular flexibility index (Phi) is 8.93. The minimum Gasteiger partial charge on any atom is -0.489 e. The van der Waals surface area contributed by atoms with Crippen molar-refractivity contribution in [2.45, 2.75) is 84.2 Å². The van der Waals surface area contributed by atoms with Crippen LogP contribution in [0.3, 0.4) is 0 Å². The Morgan fingerprint density at radius 3 is 2.07 bits per heavy atom. The Balaban J connectivity index is 1.68. The molecule has 162 valence electrons. The predicted molar refractivity (Wildman–Crippen MR) is 109 cm³/mol. The molecule has 0 unspecified atom stereocenters. The van der Waals surface area contributed by atoms with Gasteiger partial charge in [0.15, 0.2) is 0 Å². The van der Waals surface area contributed by atoms with E-state index in [2.05, 4.69) is 0 Å². The Morgan fingerprint density at radius 1 is 0.897 bits per heavy atom. The minimum absolute atomic E-state index is 0.00201. The van der Waals surface area contributed by atoms with Gasteiger partial charge < -0.3 is 14.2 Å². The lowest BCUT2D eigenvalue weighted by atomic mass is 9.84. The van der Waals surface area contributed by atoms with Crippen LogP contribution in [0.4, 0.5) is 0 Å². The number of carbonyl (C=O) groups is 3. The lowest BCUT2D eigenvalue weighted by Gasteiger charge is -2.28. The molecule has 2 rings (SSSR count). The molecule has 0 aromatic heterocycles. The van der Waals surface area contributed by atoms with Gasteiger partial charge in [-0.3, -0.25) is 14.4 Å². The van der Waals surface area contributed by atoms with E-state index >= 15 is 0 Å². The zero-order valence-corrected chi connectivity index (χ0v) is 18.2. The summed E-state index contributed by atoms with van der Waals surface area (Å²) in [6.07, 6.45) is 10.3. The molecule has 0 heterocycles. The largest absolute Gasteiger partial charge is 0.489 e. The molecular weight excluding hydrogens is 372 g/mol. The maximum atomic E-state index is 12.6. The fraction of sp³-hybridized carbons (Fsp3) is 0.696. The molecule has 2 aliphatic rings. The molecule has 0 spiro atoms. The van der Waals surface area contributed by atoms with Crippen LogP contribution >= 0.6 is 0 Å². The molecule has 1 saturated carbocycles. The molecule has 6 heteroatoms. The van der Waals surface area contributed by atoms with E-state index < -0.39 is 0 Å². The van der Waals surface area contributed by atoms with Crippen molar-refractivity contribution in [1.82, 2.24) is 0 Å². The summed E-state index contributed by atoms with van der Waals surface area (Å²) in [5.41, 5.74) is 1.02. The highest BCUT2D eigenvalue weighted by molar-refractivity contribution is 6.23. The number of carbonyl (C=O) groups excluding carboxylic acids is 3. The molecule has 0 bridgehead atoms. The molecule has 6 nitrogen and oxygen atoms in total. The minimum atomic E-state index is -0.261. The molecular formula is C23H34O6. The first-order valence-corrected chi connectivity index (χ1v) is 10.7. The van der Waals surface area contributed by atoms with Crippen molar-refractivity contribution in [3.63, 3.8) is 0 Å². The van der Waals surface area contributed by atoms with Crippen molar-refractivity contribution in [2.75, 3.05) is 14.2 Å². The summed E-state index contributed by atoms with van der Waals surface area (Å²) in [5.74, 6) is 0.0774. The molecule has 0 aromatic carbocycles. The summed E-state index contributed by atoms with van der Waals surface area (Å²) in [7, 11) is 2.76. The molecule has 0 aromatic rings. The van der Waals surface area contributed by atoms with Gasteiger partial charge in [-0.1, -0.05) is 25.7 Å². The average Bonchev–Trinajstić information content (AvgIpc) is 2.70. The highest BCUT2D eigenvalue weighted by atomic mass is 16.5. The molecule has 1 fully saturated rings. The zero-order chi connectivity index (χ0) is 21.4. The van der Waals surface area contributed by atoms with Crippen molar-refractivity contribution < 1.29 is 28.6 Å². The number of ether oxygens (including phenoxy) is 3. The Labute approximate surface area is 173 Å². The number of unbranched alkanes of at least 4 members (excludes halogenated alkanes) is 3. The van der Waals surface area contributed by atoms with Crippen molar-refractivity contribution in [2.24, 2.45) is 5.92 Å². The van der Waals surface area contributed by atoms with E-state index in [1.807, 2.05) is 0 Å². The number of Topliss-reactive ketones (excluding diaryl/α,β-unsaturated/α-hetero) is 2. The van der Waals surface area contributed by atoms with E-state index in [0.717, 1.165) is 50.9 Å². The standard InChI is InChI=1S/C23H34O6/c1-15-19(21(26)23(28-4)22(27-3)20(15)25)10-8-6-5-7-9-17-11-13-18(14-12-17)29-16(2)24/h17-18H,5-14H2,1-4H3/t17-,18+. The first-order valence-electron chi connectivity index (χ1n) is 10.7. The van der Waals surface area contributed by atoms with Gasteiger partial charge in [-0.2, -0.15) is 0 Å². The van der Waals surface area contributed by atoms with Crippen molar-refractivity contribution in [3.8, 4) is 0 Å². The third-order valence-electron chi connectivity index (χ3n) is 6.01. The van der Waals surface area contributed by atoms with Crippen LogP contribution in [0.1, 0.15) is 78.1 Å². The molecule has 0 amide bonds. The third-order valence-corrected chi connectivity index (χ3v) is 6.01. The van der Waals surface area contributed by atoms with Crippen molar-refractivity contribution >= 4 is 17.5 Å². The summed E-state index contributed by atoms with van der Waals surface area (Å²) in [6.45, 7) is 3.16. The third kappa shape index (κ3) is 6.18. The molecule has 0 aliphatic heterocycles. The number of methoxy groups -OCH3 is 2. The van der Waals surface area contributed by atoms with Crippen LogP contribution in [0.2, 0.25) is 0 Å². The van der Waals surface area contributed by atoms with Gasteiger partial charge in [0.2, 0.25) is 23.1 Å². The van der Waals surface area contributed by atoms with Gasteiger partial charge >= 0.3 is 5.97 Å². The number of allylic oxidation sites excluding steroid dienone is 2. The van der Waals surface area contributed by atoms with Crippen LogP contribution in [0, 0.1) is 5.92 Å². The SMILES string of the molecule is COC1=C(OC)C(=O)C(CCCCCC[C@H]2CC[C@@H](OC(C)=O)CC2)=C(C)C1=O. The van der Waals surface area contributed by atoms with Gasteiger partial charge in [-0.15, -0.1) is 0 Å². The monoisotopic (exact) mass is 406 g/mol. The Bertz CT molecular complexity index is 679. The van der Waals surface area contributed by atoms with Gasteiger partial charge in [0.05, 0.1) is 14.2 Å². The van der Waals surface area contributed by atoms with Gasteiger partial charge in [0.25, 0.3) is 0 Å². The highest BCUT2D eigenvalue weighted by Crippen LogP contribution is 2.31. The van der Waals surface area contributed by atoms with Gasteiger partial charge in [-0.25, -0.2) is 0 Å². The Hall–Kier alpha value is -2.11. The number of rotatable bonds is 10. The lowest BCUT2D eigenvalue weighted by molar-refractivity contribution is -0.148. The van der Waals surface area contributed by atoms with Gasteiger partial charge in [0, 0.05) is 18.1 Å². The summed E-state index contributed by atoms with van der Waals surface area (Å²) in [4.78, 5) is 36.0. The second-order valence-corrected chi connectivity index (χ2v) is 8.03. The smallest absolute Gasteiger partial charge is 0.302 e. The second-order valence-electron chi connectivity index (χ2n) is 8.03. The fourth-order valence-corrected chi connectivity index (χ4v) is 4.35. The normalized spacial score (nSPS) is 22.8. The molecule has 0 atom stereocenters. The van der Waals surface area contributed by atoms with Crippen LogP contribution in [0.5, 0.6) is 0 Å². The predicted octanol–water partition coefficient (Wildman–Crippen LogP) is 4.42. The van der Waals surface area contributed by atoms with E-state index in [4.69, 9.17) is 14.2 Å². The summed E-state index contributed by atoms with van der Waals surface area (Å²) >= 11 is 0. The maximum Gasteiger partial charge on any atom is 0.302 e. The number of hydrogen-bond donors (Lipinski definition) is 0. The molecule has 2 aliphatic carbocycles. The molecule has 0 saturated heterocycles. The van der Waals surface area contributed by atoms with E-state index in [1.54, 1.807) is 6.92 Å². The Morgan fingerprint density at radius 2 is 1.48 bits per heavy atom. The summed E-state index contributed by atoms with van der Waals surface area (Å²) in [5, 5.41) is 0. The van der Waals surface area contributed by atoms with Gasteiger partial charge in [0.1, 0.15) is 6.10 Å². The van der Waals surface area contributed by atoms with Crippen LogP contribution in [-0.4, -0.2) is 37.9 Å². The van der Waals surface area contributed by atoms with E-state index in [1.165, 1.54) is 34.0 Å². The quantitative estimate of drug-likeness (QED) is 0.303. The van der Waals surface area contributed by atoms with Crippen molar-refractivity contribution in [1.29, 1.82) is 0 Å². The number of hydrogen-bond acceptors (Lipinski definition) is 6. The lowest BCUT2D eigenvalue weighted by Crippen LogP contribution is -2.25. The maximum absolute atomic E-state index is 12.6. The van der Waals surface area contributed by atoms with Gasteiger partial charge in [-0.05, 0) is 51.4 Å². The van der Waals surface area contributed by atoms with E-state index in [0.29, 0.717) is 17.6 Å². The van der Waals surface area contributed by atoms with Crippen LogP contribution in [0.15, 0.2) is 22.7 Å². The number of ketones is 2. The first kappa shape index (κ1) is 23.2. The van der Waals surface area contributed by atoms with Crippen LogP contribution < -0.4 is 0 Å². The topological polar surface area (TPSA) is 78.9 Å². The average molecular weight is 407 g/mol. The van der Waals surface area contributed by atoms with E-state index in [9.17, 15) is 14.4 Å². The highest BCUT2D eigenvalue weighted by Gasteiger charge is 2.34. The van der Waals surface area contributed by atoms with Crippen molar-refractivity contribution in [3.05, 3.63) is 22.7 Å². The molecule has 29 heavy (non-hydrogen) atoms. The summed E-state index contributed by atoms with van der Waals surface area (Å²) < 4.78 is 15.5. The molecule has 0 N–H and O–H groups in total. The summed E-state index contributed by atoms with van der Waals surface area (Å²) in [6, 6.07) is 0. The first-order chi connectivity index (χ1) is 13.9.